The molecule has 1 rings (SSSR count). The number of methoxy groups -OCH3 is 1. The zero-order valence-electron chi connectivity index (χ0n) is 11.7. The lowest BCUT2D eigenvalue weighted by atomic mass is 10.0. The standard InChI is InChI=1S/C14H18ClNO5/c1-20-6-7-21-9-13(17)16-12(8-14(18)19)10-4-2-3-5-11(10)15/h2-5,12H,6-9H2,1H3,(H,16,17)(H,18,19). The second-order valence-electron chi connectivity index (χ2n) is 4.28. The van der Waals surface area contributed by atoms with Gasteiger partial charge in [0.1, 0.15) is 6.61 Å². The zero-order chi connectivity index (χ0) is 15.7. The normalized spacial score (nSPS) is 11.9. The fraction of sp³-hybridized carbons (Fsp3) is 0.429. The van der Waals surface area contributed by atoms with E-state index in [4.69, 9.17) is 26.2 Å². The molecule has 21 heavy (non-hydrogen) atoms. The second-order valence-corrected chi connectivity index (χ2v) is 4.69. The number of hydrogen-bond donors (Lipinski definition) is 2. The number of carbonyl (C=O) groups excluding carboxylic acids is 1. The van der Waals surface area contributed by atoms with E-state index in [-0.39, 0.29) is 13.0 Å². The number of benzene rings is 1. The third kappa shape index (κ3) is 6.57. The van der Waals surface area contributed by atoms with Gasteiger partial charge in [-0.15, -0.1) is 0 Å². The highest BCUT2D eigenvalue weighted by molar-refractivity contribution is 6.31. The quantitative estimate of drug-likeness (QED) is 0.677. The van der Waals surface area contributed by atoms with Crippen molar-refractivity contribution in [3.63, 3.8) is 0 Å². The van der Waals surface area contributed by atoms with Crippen LogP contribution in [-0.2, 0) is 19.1 Å². The molecule has 6 nitrogen and oxygen atoms in total. The van der Waals surface area contributed by atoms with Crippen molar-refractivity contribution in [2.45, 2.75) is 12.5 Å². The van der Waals surface area contributed by atoms with E-state index < -0.39 is 17.9 Å². The van der Waals surface area contributed by atoms with Crippen molar-refractivity contribution in [3.05, 3.63) is 34.9 Å². The van der Waals surface area contributed by atoms with E-state index in [1.807, 2.05) is 0 Å². The third-order valence-corrected chi connectivity index (χ3v) is 3.00. The molecule has 1 amide bonds. The summed E-state index contributed by atoms with van der Waals surface area (Å²) < 4.78 is 9.88. The number of hydrogen-bond acceptors (Lipinski definition) is 4. The number of rotatable bonds is 9. The summed E-state index contributed by atoms with van der Waals surface area (Å²) in [5, 5.41) is 12.0. The van der Waals surface area contributed by atoms with Gasteiger partial charge in [0.15, 0.2) is 0 Å². The number of nitrogens with one attached hydrogen (secondary N) is 1. The first kappa shape index (κ1) is 17.4. The minimum Gasteiger partial charge on any atom is -0.481 e. The first-order chi connectivity index (χ1) is 10.0. The van der Waals surface area contributed by atoms with E-state index in [9.17, 15) is 9.59 Å². The van der Waals surface area contributed by atoms with Crippen LogP contribution < -0.4 is 5.32 Å². The van der Waals surface area contributed by atoms with Gasteiger partial charge in [-0.3, -0.25) is 9.59 Å². The molecule has 0 aliphatic carbocycles. The highest BCUT2D eigenvalue weighted by Gasteiger charge is 2.20. The van der Waals surface area contributed by atoms with Crippen LogP contribution >= 0.6 is 11.6 Å². The van der Waals surface area contributed by atoms with E-state index in [0.717, 1.165) is 0 Å². The van der Waals surface area contributed by atoms with E-state index >= 15 is 0 Å². The molecule has 0 aliphatic rings. The summed E-state index contributed by atoms with van der Waals surface area (Å²) >= 11 is 6.04. The molecule has 1 aromatic carbocycles. The Bertz CT molecular complexity index is 480. The van der Waals surface area contributed by atoms with Gasteiger partial charge in [0, 0.05) is 12.1 Å². The smallest absolute Gasteiger partial charge is 0.305 e. The molecule has 0 saturated carbocycles. The first-order valence-electron chi connectivity index (χ1n) is 6.37. The van der Waals surface area contributed by atoms with Crippen LogP contribution in [0.2, 0.25) is 5.02 Å². The number of ether oxygens (including phenoxy) is 2. The van der Waals surface area contributed by atoms with Crippen LogP contribution in [-0.4, -0.2) is 43.9 Å². The summed E-state index contributed by atoms with van der Waals surface area (Å²) in [6, 6.07) is 6.10. The Morgan fingerprint density at radius 2 is 2.05 bits per heavy atom. The maximum atomic E-state index is 11.8. The number of amides is 1. The largest absolute Gasteiger partial charge is 0.481 e. The molecular weight excluding hydrogens is 298 g/mol. The maximum Gasteiger partial charge on any atom is 0.305 e. The van der Waals surface area contributed by atoms with Gasteiger partial charge < -0.3 is 19.9 Å². The summed E-state index contributed by atoms with van der Waals surface area (Å²) in [5.41, 5.74) is 0.562. The molecule has 0 radical (unpaired) electrons. The molecule has 2 N–H and O–H groups in total. The minimum atomic E-state index is -1.03. The number of halogens is 1. The summed E-state index contributed by atoms with van der Waals surface area (Å²) in [5.74, 6) is -1.43. The lowest BCUT2D eigenvalue weighted by Gasteiger charge is -2.18. The molecule has 1 unspecified atom stereocenters. The van der Waals surface area contributed by atoms with Crippen molar-refractivity contribution in [1.29, 1.82) is 0 Å². The highest BCUT2D eigenvalue weighted by Crippen LogP contribution is 2.25. The van der Waals surface area contributed by atoms with E-state index in [2.05, 4.69) is 5.32 Å². The lowest BCUT2D eigenvalue weighted by Crippen LogP contribution is -2.33. The molecule has 1 atom stereocenters. The summed E-state index contributed by atoms with van der Waals surface area (Å²) in [4.78, 5) is 22.7. The number of aliphatic carboxylic acids is 1. The summed E-state index contributed by atoms with van der Waals surface area (Å²) in [6.07, 6.45) is -0.256. The van der Waals surface area contributed by atoms with Gasteiger partial charge in [0.2, 0.25) is 5.91 Å². The van der Waals surface area contributed by atoms with E-state index in [1.165, 1.54) is 7.11 Å². The zero-order valence-corrected chi connectivity index (χ0v) is 12.4. The van der Waals surface area contributed by atoms with Crippen LogP contribution in [0.25, 0.3) is 0 Å². The van der Waals surface area contributed by atoms with Gasteiger partial charge in [-0.1, -0.05) is 29.8 Å². The lowest BCUT2D eigenvalue weighted by molar-refractivity contribution is -0.138. The van der Waals surface area contributed by atoms with Crippen molar-refractivity contribution in [1.82, 2.24) is 5.32 Å². The van der Waals surface area contributed by atoms with Gasteiger partial charge in [-0.05, 0) is 11.6 Å². The van der Waals surface area contributed by atoms with Crippen LogP contribution in [0.1, 0.15) is 18.0 Å². The van der Waals surface area contributed by atoms with Crippen LogP contribution in [0.5, 0.6) is 0 Å². The molecule has 0 heterocycles. The van der Waals surface area contributed by atoms with Crippen LogP contribution in [0, 0.1) is 0 Å². The Hall–Kier alpha value is -1.63. The monoisotopic (exact) mass is 315 g/mol. The van der Waals surface area contributed by atoms with Crippen molar-refractivity contribution in [2.24, 2.45) is 0 Å². The molecule has 0 bridgehead atoms. The topological polar surface area (TPSA) is 84.9 Å². The number of carboxylic acids is 1. The highest BCUT2D eigenvalue weighted by atomic mass is 35.5. The molecule has 0 aliphatic heterocycles. The predicted octanol–water partition coefficient (Wildman–Crippen LogP) is 1.64. The average Bonchev–Trinajstić information content (AvgIpc) is 2.43. The molecule has 116 valence electrons. The Kier molecular flexibility index (Phi) is 7.74. The SMILES string of the molecule is COCCOCC(=O)NC(CC(=O)O)c1ccccc1Cl. The Morgan fingerprint density at radius 1 is 1.33 bits per heavy atom. The third-order valence-electron chi connectivity index (χ3n) is 2.66. The van der Waals surface area contributed by atoms with Crippen molar-refractivity contribution < 1.29 is 24.2 Å². The molecule has 1 aromatic rings. The fourth-order valence-corrected chi connectivity index (χ4v) is 1.98. The van der Waals surface area contributed by atoms with Crippen LogP contribution in [0.15, 0.2) is 24.3 Å². The minimum absolute atomic E-state index is 0.163. The molecule has 0 saturated heterocycles. The van der Waals surface area contributed by atoms with Gasteiger partial charge in [0.05, 0.1) is 25.7 Å². The maximum absolute atomic E-state index is 11.8. The predicted molar refractivity (Wildman–Crippen MR) is 77.3 cm³/mol. The summed E-state index contributed by atoms with van der Waals surface area (Å²) in [7, 11) is 1.53. The Labute approximate surface area is 128 Å². The molecular formula is C14H18ClNO5. The van der Waals surface area contributed by atoms with Gasteiger partial charge >= 0.3 is 5.97 Å². The van der Waals surface area contributed by atoms with Crippen molar-refractivity contribution >= 4 is 23.5 Å². The van der Waals surface area contributed by atoms with E-state index in [1.54, 1.807) is 24.3 Å². The molecule has 0 spiro atoms. The van der Waals surface area contributed by atoms with Gasteiger partial charge in [-0.25, -0.2) is 0 Å². The molecule has 0 aromatic heterocycles. The fourth-order valence-electron chi connectivity index (χ4n) is 1.71. The van der Waals surface area contributed by atoms with Gasteiger partial charge in [-0.2, -0.15) is 0 Å². The molecule has 7 heteroatoms. The number of carbonyl (C=O) groups is 2. The second kappa shape index (κ2) is 9.33. The first-order valence-corrected chi connectivity index (χ1v) is 6.74. The van der Waals surface area contributed by atoms with Gasteiger partial charge in [0.25, 0.3) is 0 Å². The molecule has 0 fully saturated rings. The summed E-state index contributed by atoms with van der Waals surface area (Å²) in [6.45, 7) is 0.514. The van der Waals surface area contributed by atoms with E-state index in [0.29, 0.717) is 23.8 Å². The Morgan fingerprint density at radius 3 is 2.67 bits per heavy atom. The average molecular weight is 316 g/mol. The Balaban J connectivity index is 2.64. The number of carboxylic acid groups (broad SMARTS) is 1. The van der Waals surface area contributed by atoms with Crippen LogP contribution in [0.4, 0.5) is 0 Å². The van der Waals surface area contributed by atoms with Crippen molar-refractivity contribution in [2.75, 3.05) is 26.9 Å². The van der Waals surface area contributed by atoms with Crippen LogP contribution in [0.3, 0.4) is 0 Å². The van der Waals surface area contributed by atoms with Crippen molar-refractivity contribution in [3.8, 4) is 0 Å².